The Bertz CT molecular complexity index is 232. The van der Waals surface area contributed by atoms with E-state index in [1.807, 2.05) is 24.5 Å². The van der Waals surface area contributed by atoms with Crippen LogP contribution >= 0.6 is 0 Å². The number of nitrogens with zero attached hydrogens (tertiary/aromatic N) is 2. The number of nitriles is 1. The fraction of sp³-hybridized carbons (Fsp3) is 0.375. The van der Waals surface area contributed by atoms with E-state index in [0.717, 1.165) is 13.0 Å². The lowest BCUT2D eigenvalue weighted by molar-refractivity contribution is 0.476. The molecule has 0 fully saturated rings. The van der Waals surface area contributed by atoms with Crippen LogP contribution in [0.4, 0.5) is 0 Å². The van der Waals surface area contributed by atoms with Gasteiger partial charge in [0, 0.05) is 31.9 Å². The van der Waals surface area contributed by atoms with E-state index >= 15 is 0 Å². The number of rotatable bonds is 3. The quantitative estimate of drug-likeness (QED) is 0.514. The number of H-pyrrole nitrogens is 1. The Morgan fingerprint density at radius 2 is 2.55 bits per heavy atom. The van der Waals surface area contributed by atoms with Gasteiger partial charge in [-0.2, -0.15) is 5.26 Å². The van der Waals surface area contributed by atoms with Gasteiger partial charge >= 0.3 is 0 Å². The van der Waals surface area contributed by atoms with Gasteiger partial charge in [0.05, 0.1) is 0 Å². The molecule has 0 unspecified atom stereocenters. The normalized spacial score (nSPS) is 9.09. The number of hydrogen-bond acceptors (Lipinski definition) is 2. The van der Waals surface area contributed by atoms with E-state index < -0.39 is 0 Å². The van der Waals surface area contributed by atoms with Crippen molar-refractivity contribution in [3.05, 3.63) is 24.0 Å². The zero-order chi connectivity index (χ0) is 8.10. The Kier molecular flexibility index (Phi) is 2.56. The molecule has 1 rings (SSSR count). The molecule has 0 bridgehead atoms. The summed E-state index contributed by atoms with van der Waals surface area (Å²) in [6.45, 7) is 0.775. The Morgan fingerprint density at radius 1 is 1.73 bits per heavy atom. The van der Waals surface area contributed by atoms with E-state index in [0.29, 0.717) is 0 Å². The fourth-order valence-electron chi connectivity index (χ4n) is 0.861. The van der Waals surface area contributed by atoms with Crippen LogP contribution in [-0.4, -0.2) is 23.5 Å². The van der Waals surface area contributed by atoms with Gasteiger partial charge in [-0.25, -0.2) is 0 Å². The van der Waals surface area contributed by atoms with Crippen molar-refractivity contribution in [2.45, 2.75) is 6.42 Å². The predicted molar refractivity (Wildman–Crippen MR) is 42.7 cm³/mol. The van der Waals surface area contributed by atoms with Crippen molar-refractivity contribution >= 4 is 0 Å². The van der Waals surface area contributed by atoms with Crippen LogP contribution in [0.3, 0.4) is 0 Å². The monoisotopic (exact) mass is 149 g/mol. The highest BCUT2D eigenvalue weighted by molar-refractivity contribution is 5.04. The number of nitrogens with one attached hydrogen (secondary N) is 1. The molecule has 0 saturated carbocycles. The Balaban J connectivity index is 2.30. The number of likely N-dealkylation sites (N-methyl/N-ethyl adjacent to an activating group) is 1. The summed E-state index contributed by atoms with van der Waals surface area (Å²) in [4.78, 5) is 4.69. The number of aromatic amines is 1. The van der Waals surface area contributed by atoms with E-state index in [9.17, 15) is 0 Å². The first-order chi connectivity index (χ1) is 5.33. The summed E-state index contributed by atoms with van der Waals surface area (Å²) in [6, 6.07) is 3.98. The molecule has 11 heavy (non-hydrogen) atoms. The Morgan fingerprint density at radius 3 is 3.09 bits per heavy atom. The van der Waals surface area contributed by atoms with Crippen LogP contribution < -0.4 is 0 Å². The predicted octanol–water partition coefficient (Wildman–Crippen LogP) is 0.970. The summed E-state index contributed by atoms with van der Waals surface area (Å²) < 4.78 is 0. The van der Waals surface area contributed by atoms with Crippen LogP contribution in [-0.2, 0) is 6.42 Å². The van der Waals surface area contributed by atoms with Crippen molar-refractivity contribution < 1.29 is 0 Å². The zero-order valence-electron chi connectivity index (χ0n) is 6.54. The maximum absolute atomic E-state index is 8.43. The van der Waals surface area contributed by atoms with Crippen LogP contribution in [0.2, 0.25) is 0 Å². The smallest absolute Gasteiger partial charge is 0.179 e. The molecule has 0 spiro atoms. The molecule has 0 aliphatic carbocycles. The Labute approximate surface area is 66.3 Å². The second-order valence-electron chi connectivity index (χ2n) is 2.47. The third-order valence-electron chi connectivity index (χ3n) is 1.55. The molecule has 1 N–H and O–H groups in total. The maximum Gasteiger partial charge on any atom is 0.179 e. The van der Waals surface area contributed by atoms with Crippen molar-refractivity contribution in [3.63, 3.8) is 0 Å². The van der Waals surface area contributed by atoms with Gasteiger partial charge in [0.1, 0.15) is 0 Å². The number of aromatic nitrogens is 1. The van der Waals surface area contributed by atoms with Gasteiger partial charge in [-0.3, -0.25) is 0 Å². The van der Waals surface area contributed by atoms with E-state index in [-0.39, 0.29) is 0 Å². The highest BCUT2D eigenvalue weighted by Crippen LogP contribution is 1.95. The van der Waals surface area contributed by atoms with E-state index in [4.69, 9.17) is 5.26 Å². The Hall–Kier alpha value is -1.43. The molecular weight excluding hydrogens is 138 g/mol. The third kappa shape index (κ3) is 2.34. The van der Waals surface area contributed by atoms with Crippen LogP contribution in [0.1, 0.15) is 5.69 Å². The minimum atomic E-state index is 0.775. The molecule has 0 aliphatic rings. The molecular formula is C8H11N3. The van der Waals surface area contributed by atoms with Gasteiger partial charge in [0.2, 0.25) is 0 Å². The van der Waals surface area contributed by atoms with Crippen LogP contribution in [0.5, 0.6) is 0 Å². The summed E-state index contributed by atoms with van der Waals surface area (Å²) in [5.74, 6) is 0. The molecule has 3 nitrogen and oxygen atoms in total. The largest absolute Gasteiger partial charge is 0.365 e. The van der Waals surface area contributed by atoms with Gasteiger partial charge in [-0.15, -0.1) is 0 Å². The van der Waals surface area contributed by atoms with E-state index in [1.165, 1.54) is 5.69 Å². The molecule has 3 heteroatoms. The third-order valence-corrected chi connectivity index (χ3v) is 1.55. The van der Waals surface area contributed by atoms with Gasteiger partial charge in [-0.1, -0.05) is 0 Å². The average Bonchev–Trinajstić information content (AvgIpc) is 2.52. The molecule has 0 saturated heterocycles. The van der Waals surface area contributed by atoms with Crippen molar-refractivity contribution in [1.29, 1.82) is 5.26 Å². The maximum atomic E-state index is 8.43. The number of hydrogen-bond donors (Lipinski definition) is 1. The molecule has 1 aromatic heterocycles. The summed E-state index contributed by atoms with van der Waals surface area (Å²) >= 11 is 0. The van der Waals surface area contributed by atoms with Crippen LogP contribution in [0.25, 0.3) is 0 Å². The summed E-state index contributed by atoms with van der Waals surface area (Å²) in [5, 5.41) is 8.43. The topological polar surface area (TPSA) is 42.8 Å². The minimum Gasteiger partial charge on any atom is -0.365 e. The lowest BCUT2D eigenvalue weighted by Crippen LogP contribution is -2.14. The van der Waals surface area contributed by atoms with Crippen LogP contribution in [0.15, 0.2) is 18.3 Å². The highest BCUT2D eigenvalue weighted by Gasteiger charge is 1.95. The van der Waals surface area contributed by atoms with Gasteiger partial charge in [-0.05, 0) is 12.1 Å². The van der Waals surface area contributed by atoms with Crippen molar-refractivity contribution in [2.75, 3.05) is 13.6 Å². The second kappa shape index (κ2) is 3.67. The van der Waals surface area contributed by atoms with Crippen molar-refractivity contribution in [2.24, 2.45) is 0 Å². The standard InChI is InChI=1S/C8H11N3/c1-11(7-9)6-4-8-3-2-5-10-8/h2-3,5,10H,4,6H2,1H3. The average molecular weight is 149 g/mol. The molecule has 1 heterocycles. The molecule has 0 amide bonds. The van der Waals surface area contributed by atoms with Crippen molar-refractivity contribution in [3.8, 4) is 6.19 Å². The van der Waals surface area contributed by atoms with Gasteiger partial charge < -0.3 is 9.88 Å². The molecule has 0 radical (unpaired) electrons. The SMILES string of the molecule is CN(C#N)CCc1ccc[nH]1. The minimum absolute atomic E-state index is 0.775. The van der Waals surface area contributed by atoms with Gasteiger partial charge in [0.25, 0.3) is 0 Å². The summed E-state index contributed by atoms with van der Waals surface area (Å²) in [7, 11) is 1.78. The molecule has 1 aromatic rings. The first-order valence-electron chi connectivity index (χ1n) is 3.56. The first-order valence-corrected chi connectivity index (χ1v) is 3.56. The highest BCUT2D eigenvalue weighted by atomic mass is 15.1. The first kappa shape index (κ1) is 7.67. The molecule has 0 aliphatic heterocycles. The lowest BCUT2D eigenvalue weighted by atomic mass is 10.3. The molecule has 0 atom stereocenters. The summed E-state index contributed by atoms with van der Waals surface area (Å²) in [5.41, 5.74) is 1.17. The zero-order valence-corrected chi connectivity index (χ0v) is 6.54. The van der Waals surface area contributed by atoms with E-state index in [1.54, 1.807) is 11.9 Å². The van der Waals surface area contributed by atoms with Crippen LogP contribution in [0, 0.1) is 11.5 Å². The fourth-order valence-corrected chi connectivity index (χ4v) is 0.861. The summed E-state index contributed by atoms with van der Waals surface area (Å²) in [6.07, 6.45) is 4.84. The van der Waals surface area contributed by atoms with Gasteiger partial charge in [0.15, 0.2) is 6.19 Å². The molecule has 58 valence electrons. The molecule has 0 aromatic carbocycles. The lowest BCUT2D eigenvalue weighted by Gasteiger charge is -2.05. The van der Waals surface area contributed by atoms with Crippen molar-refractivity contribution in [1.82, 2.24) is 9.88 Å². The second-order valence-corrected chi connectivity index (χ2v) is 2.47. The van der Waals surface area contributed by atoms with E-state index in [2.05, 4.69) is 4.98 Å².